The number of aliphatic hydroxyl groups excluding tert-OH is 1. The van der Waals surface area contributed by atoms with Gasteiger partial charge >= 0.3 is 11.9 Å². The van der Waals surface area contributed by atoms with Crippen LogP contribution < -0.4 is 5.69 Å². The number of alkyl halides is 3. The Labute approximate surface area is 174 Å². The summed E-state index contributed by atoms with van der Waals surface area (Å²) < 4.78 is 41.1. The smallest absolute Gasteiger partial charge is 0.395 e. The zero-order chi connectivity index (χ0) is 22.0. The van der Waals surface area contributed by atoms with Gasteiger partial charge in [0.2, 0.25) is 0 Å². The number of imidazole rings is 1. The molecule has 0 bridgehead atoms. The number of aromatic nitrogens is 4. The van der Waals surface area contributed by atoms with Gasteiger partial charge in [0.15, 0.2) is 0 Å². The van der Waals surface area contributed by atoms with Crippen LogP contribution in [-0.2, 0) is 13.1 Å². The lowest BCUT2D eigenvalue weighted by molar-refractivity contribution is -0.140. The van der Waals surface area contributed by atoms with Crippen molar-refractivity contribution < 1.29 is 18.3 Å². The van der Waals surface area contributed by atoms with E-state index in [1.54, 1.807) is 6.20 Å². The van der Waals surface area contributed by atoms with Gasteiger partial charge in [0.1, 0.15) is 6.54 Å². The minimum absolute atomic E-state index is 0.0696. The summed E-state index contributed by atoms with van der Waals surface area (Å²) in [5.74, 6) is 5.86. The highest BCUT2D eigenvalue weighted by molar-refractivity contribution is 5.88. The van der Waals surface area contributed by atoms with E-state index in [0.29, 0.717) is 15.8 Å². The van der Waals surface area contributed by atoms with Crippen molar-refractivity contribution in [2.75, 3.05) is 6.61 Å². The molecule has 0 amide bonds. The van der Waals surface area contributed by atoms with E-state index in [1.165, 1.54) is 23.0 Å². The topological polar surface area (TPSA) is 72.9 Å². The number of nitrogens with zero attached hydrogens (tertiary/aromatic N) is 4. The third kappa shape index (κ3) is 4.15. The minimum atomic E-state index is -4.55. The van der Waals surface area contributed by atoms with Crippen molar-refractivity contribution in [3.05, 3.63) is 70.7 Å². The summed E-state index contributed by atoms with van der Waals surface area (Å²) in [5, 5.41) is 10.7. The number of aliphatic hydroxyl groups is 1. The molecule has 0 aliphatic heterocycles. The Bertz CT molecular complexity index is 1380. The second kappa shape index (κ2) is 8.24. The Kier molecular flexibility index (Phi) is 5.48. The Hall–Kier alpha value is -3.64. The molecular formula is C22H17F3N4O2. The lowest BCUT2D eigenvalue weighted by atomic mass is 10.0. The first-order chi connectivity index (χ1) is 14.9. The fourth-order valence-corrected chi connectivity index (χ4v) is 3.47. The quantitative estimate of drug-likeness (QED) is 0.509. The first kappa shape index (κ1) is 20.6. The fourth-order valence-electron chi connectivity index (χ4n) is 3.47. The van der Waals surface area contributed by atoms with Gasteiger partial charge in [0.05, 0.1) is 41.6 Å². The molecule has 0 atom stereocenters. The third-order valence-corrected chi connectivity index (χ3v) is 4.79. The lowest BCUT2D eigenvalue weighted by Gasteiger charge is -2.09. The normalized spacial score (nSPS) is 11.6. The maximum absolute atomic E-state index is 13.1. The summed E-state index contributed by atoms with van der Waals surface area (Å²) in [6, 6.07) is 8.81. The van der Waals surface area contributed by atoms with Gasteiger partial charge in [0, 0.05) is 29.6 Å². The molecule has 0 saturated heterocycles. The van der Waals surface area contributed by atoms with Crippen LogP contribution in [0.25, 0.3) is 21.8 Å². The molecule has 3 heterocycles. The molecule has 158 valence electrons. The second-order valence-electron chi connectivity index (χ2n) is 6.88. The SMILES string of the molecule is O=c1n(Cc2ncc3ccccc3c2C#CCCO)c2cnccc2n1CC(F)(F)F. The van der Waals surface area contributed by atoms with Crippen molar-refractivity contribution >= 4 is 21.8 Å². The highest BCUT2D eigenvalue weighted by Gasteiger charge is 2.31. The van der Waals surface area contributed by atoms with Gasteiger partial charge in [0.25, 0.3) is 0 Å². The maximum Gasteiger partial charge on any atom is 0.406 e. The number of rotatable bonds is 4. The van der Waals surface area contributed by atoms with E-state index in [2.05, 4.69) is 21.8 Å². The van der Waals surface area contributed by atoms with Crippen LogP contribution in [0.3, 0.4) is 0 Å². The predicted octanol–water partition coefficient (Wildman–Crippen LogP) is 3.09. The van der Waals surface area contributed by atoms with E-state index in [4.69, 9.17) is 5.11 Å². The Morgan fingerprint density at radius 3 is 2.65 bits per heavy atom. The number of hydrogen-bond donors (Lipinski definition) is 1. The van der Waals surface area contributed by atoms with Crippen LogP contribution in [0, 0.1) is 11.8 Å². The Morgan fingerprint density at radius 2 is 1.87 bits per heavy atom. The number of benzene rings is 1. The Balaban J connectivity index is 1.89. The monoisotopic (exact) mass is 426 g/mol. The fraction of sp³-hybridized carbons (Fsp3) is 0.227. The summed E-state index contributed by atoms with van der Waals surface area (Å²) in [6.07, 6.45) is 0.0622. The van der Waals surface area contributed by atoms with Crippen LogP contribution in [0.1, 0.15) is 17.7 Å². The van der Waals surface area contributed by atoms with Crippen LogP contribution in [0.15, 0.2) is 53.7 Å². The first-order valence-electron chi connectivity index (χ1n) is 9.45. The van der Waals surface area contributed by atoms with Gasteiger partial charge in [-0.2, -0.15) is 13.2 Å². The molecule has 31 heavy (non-hydrogen) atoms. The van der Waals surface area contributed by atoms with Gasteiger partial charge in [-0.25, -0.2) is 4.79 Å². The summed E-state index contributed by atoms with van der Waals surface area (Å²) in [5.41, 5.74) is 0.636. The number of fused-ring (bicyclic) bond motifs is 2. The van der Waals surface area contributed by atoms with E-state index < -0.39 is 18.4 Å². The van der Waals surface area contributed by atoms with Gasteiger partial charge in [-0.05, 0) is 6.07 Å². The molecule has 0 saturated carbocycles. The minimum Gasteiger partial charge on any atom is -0.395 e. The van der Waals surface area contributed by atoms with Gasteiger partial charge in [-0.3, -0.25) is 19.1 Å². The molecule has 1 aromatic carbocycles. The lowest BCUT2D eigenvalue weighted by Crippen LogP contribution is -2.30. The molecule has 9 heteroatoms. The largest absolute Gasteiger partial charge is 0.406 e. The standard InChI is InChI=1S/C22H17F3N4O2/c23-22(24,25)14-29-19-8-9-26-12-20(19)28(21(29)31)13-18-17(7-3-4-10-30)16-6-2-1-5-15(16)11-27-18/h1-2,5-6,8-9,11-12,30H,4,10,13-14H2. The maximum atomic E-state index is 13.1. The summed E-state index contributed by atoms with van der Waals surface area (Å²) in [6.45, 7) is -1.57. The average molecular weight is 426 g/mol. The number of hydrogen-bond acceptors (Lipinski definition) is 4. The van der Waals surface area contributed by atoms with Crippen molar-refractivity contribution in [3.63, 3.8) is 0 Å². The Morgan fingerprint density at radius 1 is 1.06 bits per heavy atom. The first-order valence-corrected chi connectivity index (χ1v) is 9.45. The van der Waals surface area contributed by atoms with Crippen molar-refractivity contribution in [1.82, 2.24) is 19.1 Å². The molecule has 1 N–H and O–H groups in total. The molecule has 0 aliphatic carbocycles. The molecule has 3 aromatic heterocycles. The van der Waals surface area contributed by atoms with Gasteiger partial charge in [-0.1, -0.05) is 36.1 Å². The zero-order valence-corrected chi connectivity index (χ0v) is 16.2. The van der Waals surface area contributed by atoms with E-state index in [1.807, 2.05) is 24.3 Å². The van der Waals surface area contributed by atoms with E-state index in [0.717, 1.165) is 10.8 Å². The molecule has 0 fully saturated rings. The number of pyridine rings is 2. The highest BCUT2D eigenvalue weighted by Crippen LogP contribution is 2.23. The summed E-state index contributed by atoms with van der Waals surface area (Å²) in [4.78, 5) is 21.3. The molecule has 6 nitrogen and oxygen atoms in total. The van der Waals surface area contributed by atoms with Crippen LogP contribution in [0.2, 0.25) is 0 Å². The van der Waals surface area contributed by atoms with Crippen molar-refractivity contribution in [3.8, 4) is 11.8 Å². The predicted molar refractivity (Wildman–Crippen MR) is 109 cm³/mol. The molecule has 0 spiro atoms. The average Bonchev–Trinajstić information content (AvgIpc) is 3.00. The van der Waals surface area contributed by atoms with Crippen molar-refractivity contribution in [1.29, 1.82) is 0 Å². The van der Waals surface area contributed by atoms with Crippen molar-refractivity contribution in [2.24, 2.45) is 0 Å². The van der Waals surface area contributed by atoms with Crippen LogP contribution in [-0.4, -0.2) is 37.0 Å². The molecule has 0 radical (unpaired) electrons. The summed E-state index contributed by atoms with van der Waals surface area (Å²) >= 11 is 0. The summed E-state index contributed by atoms with van der Waals surface area (Å²) in [7, 11) is 0. The van der Waals surface area contributed by atoms with Crippen LogP contribution in [0.5, 0.6) is 0 Å². The molecule has 4 aromatic rings. The van der Waals surface area contributed by atoms with E-state index >= 15 is 0 Å². The van der Waals surface area contributed by atoms with E-state index in [9.17, 15) is 18.0 Å². The second-order valence-corrected chi connectivity index (χ2v) is 6.88. The van der Waals surface area contributed by atoms with Crippen LogP contribution >= 0.6 is 0 Å². The van der Waals surface area contributed by atoms with Crippen molar-refractivity contribution in [2.45, 2.75) is 25.7 Å². The highest BCUT2D eigenvalue weighted by atomic mass is 19.4. The molecule has 4 rings (SSSR count). The number of halogens is 3. The molecule has 0 unspecified atom stereocenters. The molecular weight excluding hydrogens is 409 g/mol. The van der Waals surface area contributed by atoms with Crippen LogP contribution in [0.4, 0.5) is 13.2 Å². The van der Waals surface area contributed by atoms with E-state index in [-0.39, 0.29) is 30.6 Å². The van der Waals surface area contributed by atoms with Gasteiger partial charge < -0.3 is 5.11 Å². The molecule has 0 aliphatic rings. The third-order valence-electron chi connectivity index (χ3n) is 4.79. The van der Waals surface area contributed by atoms with Gasteiger partial charge in [-0.15, -0.1) is 0 Å². The zero-order valence-electron chi connectivity index (χ0n) is 16.2.